The maximum Gasteiger partial charge on any atom is 0.338 e. The molecule has 0 aliphatic carbocycles. The molecule has 0 heterocycles. The molecule has 0 saturated heterocycles. The Labute approximate surface area is 163 Å². The molecule has 0 fully saturated rings. The van der Waals surface area contributed by atoms with Gasteiger partial charge in [-0.1, -0.05) is 23.7 Å². The molecule has 1 atom stereocenters. The summed E-state index contributed by atoms with van der Waals surface area (Å²) in [5.41, 5.74) is 2.43. The first-order valence-electron chi connectivity index (χ1n) is 8.12. The Kier molecular flexibility index (Phi) is 6.41. The van der Waals surface area contributed by atoms with E-state index < -0.39 is 22.1 Å². The molecule has 0 aromatic heterocycles. The van der Waals surface area contributed by atoms with Crippen molar-refractivity contribution in [2.45, 2.75) is 31.8 Å². The summed E-state index contributed by atoms with van der Waals surface area (Å²) in [5, 5.41) is -0.0276. The normalized spacial score (nSPS) is 12.5. The van der Waals surface area contributed by atoms with E-state index >= 15 is 0 Å². The fraction of sp³-hybridized carbons (Fsp3) is 0.263. The minimum absolute atomic E-state index is 0.0204. The summed E-state index contributed by atoms with van der Waals surface area (Å²) < 4.78 is 31.3. The van der Waals surface area contributed by atoms with Gasteiger partial charge < -0.3 is 4.74 Å². The number of rotatable bonds is 6. The summed E-state index contributed by atoms with van der Waals surface area (Å²) in [6.45, 7) is 5.29. The number of aryl methyl sites for hydroxylation is 2. The lowest BCUT2D eigenvalue weighted by Crippen LogP contribution is -2.25. The Morgan fingerprint density at radius 1 is 1.04 bits per heavy atom. The Morgan fingerprint density at radius 3 is 2.26 bits per heavy atom. The Balaban J connectivity index is 2.22. The summed E-state index contributed by atoms with van der Waals surface area (Å²) in [6, 6.07) is 8.98. The van der Waals surface area contributed by atoms with E-state index in [1.165, 1.54) is 26.1 Å². The molecule has 1 unspecified atom stereocenters. The Bertz CT molecular complexity index is 1000. The summed E-state index contributed by atoms with van der Waals surface area (Å²) >= 11 is 5.90. The molecule has 0 spiro atoms. The first-order chi connectivity index (χ1) is 12.6. The second-order valence-electron chi connectivity index (χ2n) is 6.06. The van der Waals surface area contributed by atoms with Crippen LogP contribution in [0.5, 0.6) is 0 Å². The average Bonchev–Trinajstić information content (AvgIpc) is 2.63. The monoisotopic (exact) mass is 409 g/mol. The Hall–Kier alpha value is -2.22. The fourth-order valence-corrected chi connectivity index (χ4v) is 3.61. The third kappa shape index (κ3) is 4.74. The van der Waals surface area contributed by atoms with Gasteiger partial charge in [0.2, 0.25) is 15.8 Å². The van der Waals surface area contributed by atoms with Gasteiger partial charge in [0.05, 0.1) is 10.6 Å². The molecular formula is C19H20ClNO5S. The summed E-state index contributed by atoms with van der Waals surface area (Å²) in [7, 11) is -2.60. The Morgan fingerprint density at radius 2 is 1.67 bits per heavy atom. The number of hydrogen-bond acceptors (Lipinski definition) is 5. The molecule has 0 amide bonds. The zero-order valence-electron chi connectivity index (χ0n) is 15.4. The number of esters is 1. The van der Waals surface area contributed by atoms with E-state index in [1.807, 2.05) is 19.9 Å². The van der Waals surface area contributed by atoms with Crippen LogP contribution < -0.4 is 4.72 Å². The van der Waals surface area contributed by atoms with Crippen LogP contribution in [0.1, 0.15) is 38.8 Å². The van der Waals surface area contributed by atoms with Crippen molar-refractivity contribution in [1.29, 1.82) is 0 Å². The molecule has 0 bridgehead atoms. The summed E-state index contributed by atoms with van der Waals surface area (Å²) in [5.74, 6) is -1.16. The third-order valence-corrected chi connectivity index (χ3v) is 6.07. The first kappa shape index (κ1) is 21.1. The molecule has 0 aliphatic rings. The maximum absolute atomic E-state index is 12.5. The number of Topliss-reactive ketones (excluding diaryl/α,β-unsaturated/α-hetero) is 1. The number of carbonyl (C=O) groups is 2. The van der Waals surface area contributed by atoms with Crippen LogP contribution in [-0.2, 0) is 14.8 Å². The van der Waals surface area contributed by atoms with Crippen molar-refractivity contribution in [1.82, 2.24) is 4.72 Å². The van der Waals surface area contributed by atoms with Crippen LogP contribution in [0.25, 0.3) is 0 Å². The van der Waals surface area contributed by atoms with E-state index in [4.69, 9.17) is 16.3 Å². The van der Waals surface area contributed by atoms with Crippen molar-refractivity contribution in [2.75, 3.05) is 7.05 Å². The van der Waals surface area contributed by atoms with Gasteiger partial charge in [0.1, 0.15) is 4.90 Å². The van der Waals surface area contributed by atoms with E-state index in [2.05, 4.69) is 4.72 Å². The SMILES string of the molecule is CNS(=O)(=O)c1cc(C(=O)OC(C)C(=O)c2ccc(C)c(C)c2)ccc1Cl. The van der Waals surface area contributed by atoms with Crippen molar-refractivity contribution in [3.8, 4) is 0 Å². The van der Waals surface area contributed by atoms with E-state index in [9.17, 15) is 18.0 Å². The lowest BCUT2D eigenvalue weighted by Gasteiger charge is -2.14. The van der Waals surface area contributed by atoms with E-state index in [-0.39, 0.29) is 21.3 Å². The largest absolute Gasteiger partial charge is 0.451 e. The molecule has 8 heteroatoms. The van der Waals surface area contributed by atoms with E-state index in [0.29, 0.717) is 5.56 Å². The van der Waals surface area contributed by atoms with Crippen LogP contribution in [0.4, 0.5) is 0 Å². The van der Waals surface area contributed by atoms with E-state index in [1.54, 1.807) is 12.1 Å². The van der Waals surface area contributed by atoms with Crippen molar-refractivity contribution >= 4 is 33.4 Å². The highest BCUT2D eigenvalue weighted by Crippen LogP contribution is 2.23. The highest BCUT2D eigenvalue weighted by Gasteiger charge is 2.23. The third-order valence-electron chi connectivity index (χ3n) is 4.17. The van der Waals surface area contributed by atoms with Gasteiger partial charge in [-0.2, -0.15) is 0 Å². The maximum atomic E-state index is 12.5. The van der Waals surface area contributed by atoms with Gasteiger partial charge >= 0.3 is 5.97 Å². The van der Waals surface area contributed by atoms with Crippen LogP contribution in [0.3, 0.4) is 0 Å². The molecule has 27 heavy (non-hydrogen) atoms. The molecular weight excluding hydrogens is 390 g/mol. The lowest BCUT2D eigenvalue weighted by molar-refractivity contribution is 0.0318. The second-order valence-corrected chi connectivity index (χ2v) is 8.33. The summed E-state index contributed by atoms with van der Waals surface area (Å²) in [6.07, 6.45) is -1.03. The number of nitrogens with one attached hydrogen (secondary N) is 1. The summed E-state index contributed by atoms with van der Waals surface area (Å²) in [4.78, 5) is 24.6. The lowest BCUT2D eigenvalue weighted by atomic mass is 10.0. The molecule has 2 aromatic carbocycles. The highest BCUT2D eigenvalue weighted by atomic mass is 35.5. The van der Waals surface area contributed by atoms with Crippen molar-refractivity contribution in [3.05, 3.63) is 63.7 Å². The van der Waals surface area contributed by atoms with Crippen molar-refractivity contribution < 1.29 is 22.7 Å². The second kappa shape index (κ2) is 8.21. The number of halogens is 1. The van der Waals surface area contributed by atoms with Crippen LogP contribution >= 0.6 is 11.6 Å². The molecule has 144 valence electrons. The number of sulfonamides is 1. The number of hydrogen-bond donors (Lipinski definition) is 1. The number of ketones is 1. The molecule has 6 nitrogen and oxygen atoms in total. The van der Waals surface area contributed by atoms with Crippen LogP contribution in [0, 0.1) is 13.8 Å². The molecule has 2 rings (SSSR count). The molecule has 0 radical (unpaired) electrons. The predicted octanol–water partition coefficient (Wildman–Crippen LogP) is 3.29. The van der Waals surface area contributed by atoms with Gasteiger partial charge in [0, 0.05) is 5.56 Å². The minimum atomic E-state index is -3.84. The van der Waals surface area contributed by atoms with Crippen molar-refractivity contribution in [3.63, 3.8) is 0 Å². The van der Waals surface area contributed by atoms with Crippen LogP contribution in [0.15, 0.2) is 41.3 Å². The molecule has 0 saturated carbocycles. The van der Waals surface area contributed by atoms with Gasteiger partial charge in [0.15, 0.2) is 6.10 Å². The quantitative estimate of drug-likeness (QED) is 0.584. The van der Waals surface area contributed by atoms with Gasteiger partial charge in [0.25, 0.3) is 0 Å². The van der Waals surface area contributed by atoms with Gasteiger partial charge in [-0.3, -0.25) is 4.79 Å². The smallest absolute Gasteiger partial charge is 0.338 e. The number of benzene rings is 2. The first-order valence-corrected chi connectivity index (χ1v) is 9.98. The van der Waals surface area contributed by atoms with Gasteiger partial charge in [-0.25, -0.2) is 17.9 Å². The van der Waals surface area contributed by atoms with Gasteiger partial charge in [-0.15, -0.1) is 0 Å². The predicted molar refractivity (Wildman–Crippen MR) is 103 cm³/mol. The van der Waals surface area contributed by atoms with Crippen molar-refractivity contribution in [2.24, 2.45) is 0 Å². The molecule has 1 N–H and O–H groups in total. The van der Waals surface area contributed by atoms with Gasteiger partial charge in [-0.05, 0) is 63.2 Å². The van der Waals surface area contributed by atoms with E-state index in [0.717, 1.165) is 17.2 Å². The standard InChI is InChI=1S/C19H20ClNO5S/c1-11-5-6-14(9-12(11)2)18(22)13(3)26-19(23)15-7-8-16(20)17(10-15)27(24,25)21-4/h5-10,13,21H,1-4H3. The minimum Gasteiger partial charge on any atom is -0.451 e. The number of carbonyl (C=O) groups excluding carboxylic acids is 2. The fourth-order valence-electron chi connectivity index (χ4n) is 2.36. The van der Waals surface area contributed by atoms with Crippen LogP contribution in [-0.4, -0.2) is 33.3 Å². The average molecular weight is 410 g/mol. The number of ether oxygens (including phenoxy) is 1. The zero-order valence-corrected chi connectivity index (χ0v) is 16.9. The molecule has 2 aromatic rings. The zero-order chi connectivity index (χ0) is 20.4. The van der Waals surface area contributed by atoms with Crippen LogP contribution in [0.2, 0.25) is 5.02 Å². The topological polar surface area (TPSA) is 89.5 Å². The highest BCUT2D eigenvalue weighted by molar-refractivity contribution is 7.89. The molecule has 0 aliphatic heterocycles.